The first kappa shape index (κ1) is 12.1. The maximum atomic E-state index is 12.3. The van der Waals surface area contributed by atoms with Crippen LogP contribution in [0.25, 0.3) is 0 Å². The number of nitrogens with two attached hydrogens (primary N) is 1. The number of hydrogen-bond donors (Lipinski definition) is 1. The molecule has 1 unspecified atom stereocenters. The third kappa shape index (κ3) is 3.67. The molecule has 1 heterocycles. The van der Waals surface area contributed by atoms with Crippen LogP contribution in [0, 0.1) is 0 Å². The zero-order valence-corrected chi connectivity index (χ0v) is 8.53. The summed E-state index contributed by atoms with van der Waals surface area (Å²) >= 11 is 0.943. The molecule has 1 aliphatic heterocycles. The Kier molecular flexibility index (Phi) is 4.53. The highest BCUT2D eigenvalue weighted by Crippen LogP contribution is 2.35. The van der Waals surface area contributed by atoms with Crippen molar-refractivity contribution in [1.82, 2.24) is 0 Å². The first-order valence-electron chi connectivity index (χ1n) is 4.54. The third-order valence-electron chi connectivity index (χ3n) is 2.10. The highest BCUT2D eigenvalue weighted by atomic mass is 32.2. The quantitative estimate of drug-likeness (QED) is 0.801. The van der Waals surface area contributed by atoms with Gasteiger partial charge >= 0.3 is 6.18 Å². The number of rotatable bonds is 3. The third-order valence-corrected chi connectivity index (χ3v) is 3.75. The van der Waals surface area contributed by atoms with Gasteiger partial charge < -0.3 is 10.5 Å². The predicted molar refractivity (Wildman–Crippen MR) is 50.3 cm³/mol. The standard InChI is InChI=1S/C8H14F3NOS/c9-8(10,11)7(5-12)14-6-1-3-13-4-2-6/h6-7H,1-5,12H2. The van der Waals surface area contributed by atoms with E-state index in [0.29, 0.717) is 26.1 Å². The van der Waals surface area contributed by atoms with Crippen molar-refractivity contribution in [1.29, 1.82) is 0 Å². The Balaban J connectivity index is 2.39. The van der Waals surface area contributed by atoms with Crippen molar-refractivity contribution in [3.63, 3.8) is 0 Å². The van der Waals surface area contributed by atoms with E-state index in [-0.39, 0.29) is 11.8 Å². The molecule has 1 saturated heterocycles. The van der Waals surface area contributed by atoms with E-state index in [4.69, 9.17) is 10.5 Å². The van der Waals surface area contributed by atoms with Crippen LogP contribution in [-0.4, -0.2) is 36.4 Å². The van der Waals surface area contributed by atoms with E-state index in [1.807, 2.05) is 0 Å². The van der Waals surface area contributed by atoms with Gasteiger partial charge in [-0.3, -0.25) is 0 Å². The average molecular weight is 229 g/mol. The molecule has 0 aromatic rings. The van der Waals surface area contributed by atoms with Gasteiger partial charge in [0.1, 0.15) is 5.25 Å². The normalized spacial score (nSPS) is 22.3. The monoisotopic (exact) mass is 229 g/mol. The van der Waals surface area contributed by atoms with Gasteiger partial charge in [0.15, 0.2) is 0 Å². The Bertz CT molecular complexity index is 170. The summed E-state index contributed by atoms with van der Waals surface area (Å²) in [7, 11) is 0. The molecule has 0 amide bonds. The first-order chi connectivity index (χ1) is 6.54. The summed E-state index contributed by atoms with van der Waals surface area (Å²) in [5.74, 6) is 0. The van der Waals surface area contributed by atoms with Gasteiger partial charge in [-0.1, -0.05) is 0 Å². The van der Waals surface area contributed by atoms with Crippen molar-refractivity contribution in [3.05, 3.63) is 0 Å². The minimum Gasteiger partial charge on any atom is -0.381 e. The molecule has 84 valence electrons. The molecule has 2 nitrogen and oxygen atoms in total. The van der Waals surface area contributed by atoms with Gasteiger partial charge in [0.25, 0.3) is 0 Å². The second-order valence-corrected chi connectivity index (χ2v) is 4.72. The van der Waals surface area contributed by atoms with Gasteiger partial charge in [0.05, 0.1) is 0 Å². The summed E-state index contributed by atoms with van der Waals surface area (Å²) in [6.45, 7) is 0.783. The summed E-state index contributed by atoms with van der Waals surface area (Å²) in [6, 6.07) is 0. The van der Waals surface area contributed by atoms with Crippen LogP contribution in [0.4, 0.5) is 13.2 Å². The van der Waals surface area contributed by atoms with Crippen LogP contribution in [0.2, 0.25) is 0 Å². The SMILES string of the molecule is NCC(SC1CCOCC1)C(F)(F)F. The van der Waals surface area contributed by atoms with Crippen LogP contribution in [0.1, 0.15) is 12.8 Å². The maximum Gasteiger partial charge on any atom is 0.401 e. The van der Waals surface area contributed by atoms with Crippen molar-refractivity contribution in [2.45, 2.75) is 29.5 Å². The second kappa shape index (κ2) is 5.23. The Morgan fingerprint density at radius 1 is 1.36 bits per heavy atom. The number of alkyl halides is 3. The van der Waals surface area contributed by atoms with Crippen molar-refractivity contribution in [2.24, 2.45) is 5.73 Å². The second-order valence-electron chi connectivity index (χ2n) is 3.21. The lowest BCUT2D eigenvalue weighted by Gasteiger charge is -2.26. The fourth-order valence-corrected chi connectivity index (χ4v) is 2.51. The highest BCUT2D eigenvalue weighted by molar-refractivity contribution is 8.00. The number of ether oxygens (including phenoxy) is 1. The van der Waals surface area contributed by atoms with E-state index in [9.17, 15) is 13.2 Å². The van der Waals surface area contributed by atoms with E-state index in [1.165, 1.54) is 0 Å². The fourth-order valence-electron chi connectivity index (χ4n) is 1.31. The first-order valence-corrected chi connectivity index (χ1v) is 5.48. The molecule has 0 aromatic heterocycles. The summed E-state index contributed by atoms with van der Waals surface area (Å²) in [6.07, 6.45) is -2.80. The van der Waals surface area contributed by atoms with Crippen LogP contribution >= 0.6 is 11.8 Å². The van der Waals surface area contributed by atoms with Crippen LogP contribution in [0.15, 0.2) is 0 Å². The predicted octanol–water partition coefficient (Wildman–Crippen LogP) is 1.79. The van der Waals surface area contributed by atoms with Gasteiger partial charge in [-0.05, 0) is 12.8 Å². The number of thioether (sulfide) groups is 1. The lowest BCUT2D eigenvalue weighted by Crippen LogP contribution is -2.35. The molecule has 1 rings (SSSR count). The van der Waals surface area contributed by atoms with Crippen molar-refractivity contribution in [3.8, 4) is 0 Å². The summed E-state index contributed by atoms with van der Waals surface area (Å²) in [4.78, 5) is 0. The van der Waals surface area contributed by atoms with Crippen LogP contribution in [0.5, 0.6) is 0 Å². The van der Waals surface area contributed by atoms with Crippen molar-refractivity contribution >= 4 is 11.8 Å². The molecule has 6 heteroatoms. The Morgan fingerprint density at radius 2 is 1.93 bits per heavy atom. The van der Waals surface area contributed by atoms with E-state index < -0.39 is 11.4 Å². The summed E-state index contributed by atoms with van der Waals surface area (Å²) in [5.41, 5.74) is 5.10. The smallest absolute Gasteiger partial charge is 0.381 e. The molecule has 14 heavy (non-hydrogen) atoms. The molecule has 0 radical (unpaired) electrons. The van der Waals surface area contributed by atoms with Gasteiger partial charge in [-0.2, -0.15) is 13.2 Å². The van der Waals surface area contributed by atoms with Crippen molar-refractivity contribution < 1.29 is 17.9 Å². The molecular formula is C8H14F3NOS. The Labute approximate surface area is 85.4 Å². The van der Waals surface area contributed by atoms with Crippen LogP contribution in [0.3, 0.4) is 0 Å². The summed E-state index contributed by atoms with van der Waals surface area (Å²) < 4.78 is 42.1. The number of hydrogen-bond acceptors (Lipinski definition) is 3. The van der Waals surface area contributed by atoms with E-state index in [0.717, 1.165) is 11.8 Å². The van der Waals surface area contributed by atoms with Crippen LogP contribution < -0.4 is 5.73 Å². The molecule has 2 N–H and O–H groups in total. The zero-order chi connectivity index (χ0) is 10.6. The Hall–Kier alpha value is 0.0600. The van der Waals surface area contributed by atoms with E-state index in [1.54, 1.807) is 0 Å². The molecule has 0 bridgehead atoms. The average Bonchev–Trinajstić information content (AvgIpc) is 2.14. The molecule has 1 atom stereocenters. The highest BCUT2D eigenvalue weighted by Gasteiger charge is 2.40. The molecule has 0 aromatic carbocycles. The van der Waals surface area contributed by atoms with Crippen LogP contribution in [-0.2, 0) is 4.74 Å². The molecule has 0 aliphatic carbocycles. The summed E-state index contributed by atoms with van der Waals surface area (Å²) in [5, 5.41) is -1.38. The maximum absolute atomic E-state index is 12.3. The van der Waals surface area contributed by atoms with Gasteiger partial charge in [-0.15, -0.1) is 11.8 Å². The molecule has 0 spiro atoms. The van der Waals surface area contributed by atoms with Gasteiger partial charge in [0, 0.05) is 25.0 Å². The van der Waals surface area contributed by atoms with Crippen molar-refractivity contribution in [2.75, 3.05) is 19.8 Å². The molecular weight excluding hydrogens is 215 g/mol. The lowest BCUT2D eigenvalue weighted by molar-refractivity contribution is -0.126. The fraction of sp³-hybridized carbons (Fsp3) is 1.00. The van der Waals surface area contributed by atoms with E-state index >= 15 is 0 Å². The molecule has 1 aliphatic rings. The molecule has 0 saturated carbocycles. The lowest BCUT2D eigenvalue weighted by atomic mass is 10.2. The van der Waals surface area contributed by atoms with E-state index in [2.05, 4.69) is 0 Å². The van der Waals surface area contributed by atoms with Gasteiger partial charge in [-0.25, -0.2) is 0 Å². The largest absolute Gasteiger partial charge is 0.401 e. The van der Waals surface area contributed by atoms with Gasteiger partial charge in [0.2, 0.25) is 0 Å². The number of halogens is 3. The minimum absolute atomic E-state index is 0.0407. The topological polar surface area (TPSA) is 35.2 Å². The zero-order valence-electron chi connectivity index (χ0n) is 7.72. The minimum atomic E-state index is -4.18. The Morgan fingerprint density at radius 3 is 2.36 bits per heavy atom. The molecule has 1 fully saturated rings.